The molecule has 0 saturated carbocycles. The Morgan fingerprint density at radius 2 is 1.08 bits per heavy atom. The fourth-order valence-corrected chi connectivity index (χ4v) is 2.19. The highest BCUT2D eigenvalue weighted by Crippen LogP contribution is 2.05. The molecule has 0 aromatic heterocycles. The van der Waals surface area contributed by atoms with E-state index in [2.05, 4.69) is 28.8 Å². The minimum atomic E-state index is 0.0972. The van der Waals surface area contributed by atoms with Gasteiger partial charge in [-0.15, -0.1) is 11.6 Å². The van der Waals surface area contributed by atoms with E-state index in [0.717, 1.165) is 6.67 Å². The predicted octanol–water partition coefficient (Wildman–Crippen LogP) is -0.375. The zero-order valence-corrected chi connectivity index (χ0v) is 15.0. The lowest BCUT2D eigenvalue weighted by atomic mass is 10.4. The van der Waals surface area contributed by atoms with Gasteiger partial charge in [0.15, 0.2) is 0 Å². The number of nitriles is 4. The van der Waals surface area contributed by atoms with Crippen molar-refractivity contribution < 1.29 is 0 Å². The number of alkyl halides is 1. The summed E-state index contributed by atoms with van der Waals surface area (Å²) >= 11 is 4.82. The van der Waals surface area contributed by atoms with Crippen LogP contribution in [0.25, 0.3) is 0 Å². The molecule has 10 heteroatoms. The van der Waals surface area contributed by atoms with Crippen LogP contribution >= 0.6 is 11.6 Å². The smallest absolute Gasteiger partial charge is 0.109 e. The van der Waals surface area contributed by atoms with Gasteiger partial charge < -0.3 is 10.6 Å². The minimum Gasteiger partial charge on any atom is -0.304 e. The Morgan fingerprint density at radius 1 is 0.720 bits per heavy atom. The molecule has 2 N–H and O–H groups in total. The summed E-state index contributed by atoms with van der Waals surface area (Å²) in [7, 11) is 0. The van der Waals surface area contributed by atoms with E-state index in [0.29, 0.717) is 39.6 Å². The maximum Gasteiger partial charge on any atom is 0.109 e. The Balaban J connectivity index is 0.000000470. The van der Waals surface area contributed by atoms with Gasteiger partial charge in [0.2, 0.25) is 0 Å². The predicted molar refractivity (Wildman–Crippen MR) is 93.4 cm³/mol. The monoisotopic (exact) mass is 365 g/mol. The van der Waals surface area contributed by atoms with Gasteiger partial charge in [0.1, 0.15) is 5.88 Å². The molecule has 2 aliphatic rings. The van der Waals surface area contributed by atoms with Gasteiger partial charge >= 0.3 is 0 Å². The van der Waals surface area contributed by atoms with Crippen molar-refractivity contribution in [2.75, 3.05) is 65.3 Å². The average Bonchev–Trinajstić information content (AvgIpc) is 2.65. The zero-order chi connectivity index (χ0) is 18.8. The highest BCUT2D eigenvalue weighted by Gasteiger charge is 2.22. The molecule has 0 aromatic carbocycles. The molecular formula is C15H24ClN9. The third-order valence-electron chi connectivity index (χ3n) is 3.10. The van der Waals surface area contributed by atoms with E-state index in [1.165, 1.54) is 19.5 Å². The van der Waals surface area contributed by atoms with Crippen LogP contribution in [0.4, 0.5) is 0 Å². The highest BCUT2D eigenvalue weighted by atomic mass is 35.5. The van der Waals surface area contributed by atoms with E-state index in [1.54, 1.807) is 6.07 Å². The van der Waals surface area contributed by atoms with Crippen LogP contribution in [-0.4, -0.2) is 80.0 Å². The summed E-state index contributed by atoms with van der Waals surface area (Å²) in [5.41, 5.74) is 0. The number of nitrogens with one attached hydrogen (secondary N) is 2. The highest BCUT2D eigenvalue weighted by molar-refractivity contribution is 6.19. The van der Waals surface area contributed by atoms with Crippen LogP contribution in [0, 0.1) is 45.3 Å². The van der Waals surface area contributed by atoms with Crippen molar-refractivity contribution in [3.05, 3.63) is 0 Å². The Morgan fingerprint density at radius 3 is 1.24 bits per heavy atom. The van der Waals surface area contributed by atoms with Gasteiger partial charge in [0, 0.05) is 6.67 Å². The van der Waals surface area contributed by atoms with Crippen molar-refractivity contribution in [3.8, 4) is 24.3 Å². The second-order valence-corrected chi connectivity index (χ2v) is 5.47. The van der Waals surface area contributed by atoms with Crippen LogP contribution in [-0.2, 0) is 0 Å². The van der Waals surface area contributed by atoms with E-state index in [-0.39, 0.29) is 5.88 Å². The lowest BCUT2D eigenvalue weighted by molar-refractivity contribution is -0.00864. The minimum absolute atomic E-state index is 0.0972. The van der Waals surface area contributed by atoms with Crippen molar-refractivity contribution in [2.24, 2.45) is 0 Å². The summed E-state index contributed by atoms with van der Waals surface area (Å²) in [4.78, 5) is 5.70. The Kier molecular flexibility index (Phi) is 15.6. The summed E-state index contributed by atoms with van der Waals surface area (Å²) in [6.45, 7) is 6.19. The van der Waals surface area contributed by atoms with E-state index in [4.69, 9.17) is 32.6 Å². The normalized spacial score (nSPS) is 18.0. The summed E-state index contributed by atoms with van der Waals surface area (Å²) in [5, 5.41) is 39.6. The molecule has 2 rings (SSSR count). The maximum atomic E-state index is 8.59. The first-order chi connectivity index (χ1) is 12.2. The van der Waals surface area contributed by atoms with Crippen molar-refractivity contribution in [1.29, 1.82) is 21.0 Å². The summed E-state index contributed by atoms with van der Waals surface area (Å²) in [6.07, 6.45) is 1.28. The SMILES string of the molecule is C1CNCNC1.N#CCCl.N#CCN1CN(CC#N)CN(CC#N)C1. The lowest BCUT2D eigenvalue weighted by Crippen LogP contribution is -2.54. The van der Waals surface area contributed by atoms with Gasteiger partial charge in [-0.3, -0.25) is 14.7 Å². The molecule has 2 fully saturated rings. The van der Waals surface area contributed by atoms with Crippen LogP contribution in [0.1, 0.15) is 6.42 Å². The number of nitrogens with zero attached hydrogens (tertiary/aromatic N) is 7. The quantitative estimate of drug-likeness (QED) is 0.508. The average molecular weight is 366 g/mol. The van der Waals surface area contributed by atoms with E-state index in [1.807, 2.05) is 14.7 Å². The van der Waals surface area contributed by atoms with Gasteiger partial charge in [-0.25, -0.2) is 0 Å². The molecule has 0 amide bonds. The summed E-state index contributed by atoms with van der Waals surface area (Å²) in [5.74, 6) is 0.0972. The first kappa shape index (κ1) is 23.1. The maximum absolute atomic E-state index is 8.59. The molecular weight excluding hydrogens is 342 g/mol. The molecule has 136 valence electrons. The van der Waals surface area contributed by atoms with Crippen LogP contribution < -0.4 is 10.6 Å². The number of halogens is 1. The standard InChI is InChI=1S/C9H12N6.C4H10N2.C2H2ClN/c10-1-4-13-7-14(5-2-11)9-15(8-13)6-3-12;1-2-5-4-6-3-1;3-1-2-4/h4-9H2;5-6H,1-4H2;1H2. The first-order valence-electron chi connectivity index (χ1n) is 7.84. The van der Waals surface area contributed by atoms with Crippen LogP contribution in [0.3, 0.4) is 0 Å². The van der Waals surface area contributed by atoms with Gasteiger partial charge in [-0.2, -0.15) is 21.0 Å². The summed E-state index contributed by atoms with van der Waals surface area (Å²) in [6, 6.07) is 7.90. The fourth-order valence-electron chi connectivity index (χ4n) is 2.19. The van der Waals surface area contributed by atoms with Gasteiger partial charge in [-0.1, -0.05) is 0 Å². The largest absolute Gasteiger partial charge is 0.304 e. The molecule has 0 atom stereocenters. The van der Waals surface area contributed by atoms with Crippen molar-refractivity contribution in [2.45, 2.75) is 6.42 Å². The van der Waals surface area contributed by atoms with Crippen LogP contribution in [0.15, 0.2) is 0 Å². The molecule has 9 nitrogen and oxygen atoms in total. The number of rotatable bonds is 3. The van der Waals surface area contributed by atoms with Crippen LogP contribution in [0.2, 0.25) is 0 Å². The van der Waals surface area contributed by atoms with E-state index < -0.39 is 0 Å². The lowest BCUT2D eigenvalue weighted by Gasteiger charge is -2.39. The second-order valence-electron chi connectivity index (χ2n) is 5.21. The Hall–Kier alpha value is -1.95. The zero-order valence-electron chi connectivity index (χ0n) is 14.3. The summed E-state index contributed by atoms with van der Waals surface area (Å²) < 4.78 is 0. The molecule has 2 aliphatic heterocycles. The molecule has 0 bridgehead atoms. The van der Waals surface area contributed by atoms with Gasteiger partial charge in [0.25, 0.3) is 0 Å². The number of hydrogen-bond donors (Lipinski definition) is 2. The van der Waals surface area contributed by atoms with Crippen LogP contribution in [0.5, 0.6) is 0 Å². The van der Waals surface area contributed by atoms with Crippen molar-refractivity contribution >= 4 is 11.6 Å². The first-order valence-corrected chi connectivity index (χ1v) is 8.37. The topological polar surface area (TPSA) is 129 Å². The van der Waals surface area contributed by atoms with Crippen molar-refractivity contribution in [1.82, 2.24) is 25.3 Å². The van der Waals surface area contributed by atoms with E-state index >= 15 is 0 Å². The Bertz CT molecular complexity index is 425. The molecule has 2 saturated heterocycles. The molecule has 0 aliphatic carbocycles. The Labute approximate surface area is 154 Å². The van der Waals surface area contributed by atoms with Crippen molar-refractivity contribution in [3.63, 3.8) is 0 Å². The van der Waals surface area contributed by atoms with Gasteiger partial charge in [-0.05, 0) is 19.5 Å². The van der Waals surface area contributed by atoms with E-state index in [9.17, 15) is 0 Å². The molecule has 0 spiro atoms. The number of hydrogen-bond acceptors (Lipinski definition) is 9. The molecule has 0 aromatic rings. The third kappa shape index (κ3) is 13.1. The molecule has 25 heavy (non-hydrogen) atoms. The molecule has 0 unspecified atom stereocenters. The second kappa shape index (κ2) is 16.9. The van der Waals surface area contributed by atoms with Gasteiger partial charge in [0.05, 0.1) is 63.9 Å². The fraction of sp³-hybridized carbons (Fsp3) is 0.733. The molecule has 2 heterocycles. The third-order valence-corrected chi connectivity index (χ3v) is 3.22. The molecule has 0 radical (unpaired) electrons.